The van der Waals surface area contributed by atoms with Gasteiger partial charge in [-0.3, -0.25) is 19.3 Å². The maximum atomic E-state index is 12.3. The second-order valence-electron chi connectivity index (χ2n) is 7.17. The van der Waals surface area contributed by atoms with E-state index >= 15 is 0 Å². The van der Waals surface area contributed by atoms with Crippen molar-refractivity contribution in [2.24, 2.45) is 0 Å². The third kappa shape index (κ3) is 3.33. The molecule has 2 heterocycles. The Morgan fingerprint density at radius 2 is 1.73 bits per heavy atom. The number of amides is 3. The number of carbonyl (C=O) groups excluding carboxylic acids is 3. The lowest BCUT2D eigenvalue weighted by molar-refractivity contribution is -0.121. The molecule has 0 saturated carbocycles. The Hall–Kier alpha value is -3.09. The third-order valence-electron chi connectivity index (χ3n) is 4.15. The van der Waals surface area contributed by atoms with Crippen LogP contribution in [0.1, 0.15) is 52.7 Å². The molecule has 1 aromatic heterocycles. The minimum atomic E-state index is -0.445. The first kappa shape index (κ1) is 17.7. The zero-order valence-electron chi connectivity index (χ0n) is 14.9. The highest BCUT2D eigenvalue weighted by Crippen LogP contribution is 2.23. The zero-order valence-corrected chi connectivity index (χ0v) is 14.9. The van der Waals surface area contributed by atoms with E-state index in [1.165, 1.54) is 6.33 Å². The predicted octanol–water partition coefficient (Wildman–Crippen LogP) is 1.69. The van der Waals surface area contributed by atoms with Crippen LogP contribution in [0.2, 0.25) is 0 Å². The fraction of sp³-hybridized carbons (Fsp3) is 0.316. The average molecular weight is 352 g/mol. The molecule has 0 bridgehead atoms. The smallest absolute Gasteiger partial charge is 0.262 e. The number of fused-ring (bicyclic) bond motifs is 1. The van der Waals surface area contributed by atoms with Crippen LogP contribution in [-0.4, -0.2) is 39.1 Å². The predicted molar refractivity (Wildman–Crippen MR) is 94.4 cm³/mol. The van der Waals surface area contributed by atoms with Crippen LogP contribution in [0, 0.1) is 0 Å². The van der Waals surface area contributed by atoms with Crippen molar-refractivity contribution in [2.75, 3.05) is 6.54 Å². The monoisotopic (exact) mass is 352 g/mol. The first-order chi connectivity index (χ1) is 12.3. The zero-order chi connectivity index (χ0) is 18.9. The number of hydrogen-bond acceptors (Lipinski definition) is 5. The van der Waals surface area contributed by atoms with Crippen molar-refractivity contribution in [1.29, 1.82) is 0 Å². The molecular formula is C19H20N4O3. The number of nitrogens with one attached hydrogen (secondary N) is 1. The first-order valence-corrected chi connectivity index (χ1v) is 8.30. The van der Waals surface area contributed by atoms with Crippen molar-refractivity contribution in [3.8, 4) is 0 Å². The van der Waals surface area contributed by atoms with E-state index in [2.05, 4.69) is 15.3 Å². The molecule has 1 N–H and O–H groups in total. The lowest BCUT2D eigenvalue weighted by Crippen LogP contribution is -2.40. The second-order valence-corrected chi connectivity index (χ2v) is 7.17. The summed E-state index contributed by atoms with van der Waals surface area (Å²) in [6.45, 7) is 6.00. The van der Waals surface area contributed by atoms with Gasteiger partial charge in [0, 0.05) is 23.7 Å². The van der Waals surface area contributed by atoms with Gasteiger partial charge in [0.25, 0.3) is 11.8 Å². The van der Waals surface area contributed by atoms with Gasteiger partial charge in [-0.15, -0.1) is 0 Å². The summed E-state index contributed by atoms with van der Waals surface area (Å²) >= 11 is 0. The summed E-state index contributed by atoms with van der Waals surface area (Å²) in [6, 6.07) is 6.56. The van der Waals surface area contributed by atoms with Gasteiger partial charge in [-0.2, -0.15) is 0 Å². The summed E-state index contributed by atoms with van der Waals surface area (Å²) in [7, 11) is 0. The molecule has 3 amide bonds. The van der Waals surface area contributed by atoms with Crippen LogP contribution in [0.3, 0.4) is 0 Å². The molecule has 7 nitrogen and oxygen atoms in total. The van der Waals surface area contributed by atoms with Gasteiger partial charge >= 0.3 is 0 Å². The van der Waals surface area contributed by atoms with Crippen LogP contribution in [0.25, 0.3) is 0 Å². The number of nitrogens with zero attached hydrogens (tertiary/aromatic N) is 3. The highest BCUT2D eigenvalue weighted by atomic mass is 16.2. The molecule has 26 heavy (non-hydrogen) atoms. The Morgan fingerprint density at radius 1 is 1.12 bits per heavy atom. The summed E-state index contributed by atoms with van der Waals surface area (Å²) in [4.78, 5) is 46.2. The number of benzene rings is 1. The maximum Gasteiger partial charge on any atom is 0.262 e. The van der Waals surface area contributed by atoms with Crippen LogP contribution in [0.5, 0.6) is 0 Å². The van der Waals surface area contributed by atoms with E-state index in [-0.39, 0.29) is 18.5 Å². The van der Waals surface area contributed by atoms with E-state index in [1.54, 1.807) is 30.5 Å². The summed E-state index contributed by atoms with van der Waals surface area (Å²) in [6.07, 6.45) is 3.14. The highest BCUT2D eigenvalue weighted by molar-refractivity contribution is 6.22. The molecule has 0 aliphatic carbocycles. The molecule has 7 heteroatoms. The highest BCUT2D eigenvalue weighted by Gasteiger charge is 2.36. The second kappa shape index (κ2) is 6.67. The van der Waals surface area contributed by atoms with Gasteiger partial charge < -0.3 is 5.32 Å². The van der Waals surface area contributed by atoms with E-state index in [9.17, 15) is 14.4 Å². The van der Waals surface area contributed by atoms with Gasteiger partial charge in [-0.25, -0.2) is 9.97 Å². The van der Waals surface area contributed by atoms with Crippen LogP contribution < -0.4 is 5.32 Å². The molecule has 0 unspecified atom stereocenters. The molecule has 1 aliphatic heterocycles. The number of hydrogen-bond donors (Lipinski definition) is 1. The molecule has 0 spiro atoms. The van der Waals surface area contributed by atoms with Crippen molar-refractivity contribution in [2.45, 2.75) is 32.7 Å². The normalized spacial score (nSPS) is 13.7. The lowest BCUT2D eigenvalue weighted by atomic mass is 9.89. The van der Waals surface area contributed by atoms with Gasteiger partial charge in [0.15, 0.2) is 0 Å². The van der Waals surface area contributed by atoms with Crippen molar-refractivity contribution >= 4 is 17.7 Å². The van der Waals surface area contributed by atoms with E-state index in [4.69, 9.17) is 0 Å². The topological polar surface area (TPSA) is 92.3 Å². The molecule has 1 aliphatic rings. The van der Waals surface area contributed by atoms with Crippen LogP contribution >= 0.6 is 0 Å². The number of carbonyl (C=O) groups is 3. The summed E-state index contributed by atoms with van der Waals surface area (Å²) in [5, 5.41) is 2.74. The summed E-state index contributed by atoms with van der Waals surface area (Å²) in [5.41, 5.74) is 2.11. The van der Waals surface area contributed by atoms with Gasteiger partial charge in [0.2, 0.25) is 5.91 Å². The number of rotatable bonds is 4. The van der Waals surface area contributed by atoms with Crippen molar-refractivity contribution in [3.05, 3.63) is 59.2 Å². The Morgan fingerprint density at radius 3 is 2.31 bits per heavy atom. The minimum absolute atomic E-state index is 0.189. The summed E-state index contributed by atoms with van der Waals surface area (Å²) in [5.74, 6) is -1.30. The molecule has 134 valence electrons. The van der Waals surface area contributed by atoms with E-state index in [0.717, 1.165) is 16.2 Å². The minimum Gasteiger partial charge on any atom is -0.350 e. The Kier molecular flexibility index (Phi) is 4.54. The third-order valence-corrected chi connectivity index (χ3v) is 4.15. The maximum absolute atomic E-state index is 12.3. The van der Waals surface area contributed by atoms with E-state index in [0.29, 0.717) is 11.1 Å². The van der Waals surface area contributed by atoms with Crippen LogP contribution in [-0.2, 0) is 16.8 Å². The van der Waals surface area contributed by atoms with Crippen molar-refractivity contribution < 1.29 is 14.4 Å². The summed E-state index contributed by atoms with van der Waals surface area (Å²) < 4.78 is 0. The standard InChI is InChI=1S/C19H20N4O3/c1-19(2,3)16-12(8-20-11-22-16)9-21-15(24)10-23-17(25)13-6-4-5-7-14(13)18(23)26/h4-8,11H,9-10H2,1-3H3,(H,21,24). The fourth-order valence-electron chi connectivity index (χ4n) is 2.94. The lowest BCUT2D eigenvalue weighted by Gasteiger charge is -2.21. The van der Waals surface area contributed by atoms with Gasteiger partial charge in [0.05, 0.1) is 16.8 Å². The molecule has 0 fully saturated rings. The van der Waals surface area contributed by atoms with Crippen molar-refractivity contribution in [3.63, 3.8) is 0 Å². The van der Waals surface area contributed by atoms with Gasteiger partial charge in [-0.1, -0.05) is 32.9 Å². The number of imide groups is 1. The molecule has 2 aromatic rings. The first-order valence-electron chi connectivity index (χ1n) is 8.30. The van der Waals surface area contributed by atoms with Crippen LogP contribution in [0.4, 0.5) is 0 Å². The molecule has 0 radical (unpaired) electrons. The van der Waals surface area contributed by atoms with Gasteiger partial charge in [-0.05, 0) is 12.1 Å². The quantitative estimate of drug-likeness (QED) is 0.845. The Labute approximate surface area is 151 Å². The molecule has 3 rings (SSSR count). The van der Waals surface area contributed by atoms with Gasteiger partial charge in [0.1, 0.15) is 12.9 Å². The Bertz CT molecular complexity index is 851. The van der Waals surface area contributed by atoms with E-state index in [1.807, 2.05) is 20.8 Å². The Balaban J connectivity index is 1.67. The average Bonchev–Trinajstić information content (AvgIpc) is 2.85. The van der Waals surface area contributed by atoms with E-state index < -0.39 is 17.7 Å². The largest absolute Gasteiger partial charge is 0.350 e. The molecule has 0 saturated heterocycles. The molecule has 1 aromatic carbocycles. The number of aromatic nitrogens is 2. The van der Waals surface area contributed by atoms with Crippen LogP contribution in [0.15, 0.2) is 36.8 Å². The SMILES string of the molecule is CC(C)(C)c1ncncc1CNC(=O)CN1C(=O)c2ccccc2C1=O. The molecular weight excluding hydrogens is 332 g/mol. The molecule has 0 atom stereocenters. The fourth-order valence-corrected chi connectivity index (χ4v) is 2.94. The van der Waals surface area contributed by atoms with Crippen molar-refractivity contribution in [1.82, 2.24) is 20.2 Å².